The zero-order valence-electron chi connectivity index (χ0n) is 17.9. The Morgan fingerprint density at radius 1 is 1.21 bits per heavy atom. The number of carbonyl (C=O) groups excluding carboxylic acids is 1. The number of hydrogen-bond acceptors (Lipinski definition) is 6. The lowest BCUT2D eigenvalue weighted by molar-refractivity contribution is -0.137. The molecule has 0 saturated heterocycles. The molecule has 1 heterocycles. The fourth-order valence-electron chi connectivity index (χ4n) is 4.05. The van der Waals surface area contributed by atoms with Crippen molar-refractivity contribution < 1.29 is 23.1 Å². The number of benzene rings is 1. The summed E-state index contributed by atoms with van der Waals surface area (Å²) in [5, 5.41) is 15.7. The molecule has 0 radical (unpaired) electrons. The number of hydrogen-bond donors (Lipinski definition) is 3. The summed E-state index contributed by atoms with van der Waals surface area (Å²) in [7, 11) is -3.74. The number of carbonyl (C=O) groups is 2. The van der Waals surface area contributed by atoms with Crippen molar-refractivity contribution in [3.05, 3.63) is 47.0 Å². The molecule has 1 aliphatic carbocycles. The third kappa shape index (κ3) is 6.64. The van der Waals surface area contributed by atoms with Crippen molar-refractivity contribution in [1.82, 2.24) is 15.0 Å². The zero-order chi connectivity index (χ0) is 23.8. The summed E-state index contributed by atoms with van der Waals surface area (Å²) in [6.07, 6.45) is 3.68. The van der Waals surface area contributed by atoms with Crippen LogP contribution in [0.1, 0.15) is 32.1 Å². The largest absolute Gasteiger partial charge is 0.481 e. The predicted molar refractivity (Wildman–Crippen MR) is 121 cm³/mol. The number of carboxylic acids is 1. The first-order chi connectivity index (χ1) is 15.8. The van der Waals surface area contributed by atoms with Crippen LogP contribution in [0.3, 0.4) is 0 Å². The molecule has 1 saturated carbocycles. The molecule has 1 amide bonds. The minimum Gasteiger partial charge on any atom is -0.481 e. The predicted octanol–water partition coefficient (Wildman–Crippen LogP) is 2.59. The highest BCUT2D eigenvalue weighted by molar-refractivity contribution is 7.89. The lowest BCUT2D eigenvalue weighted by atomic mass is 9.81. The molecule has 1 aromatic carbocycles. The van der Waals surface area contributed by atoms with E-state index in [0.717, 1.165) is 5.39 Å². The third-order valence-corrected chi connectivity index (χ3v) is 7.25. The molecule has 0 unspecified atom stereocenters. The Balaban J connectivity index is 1.53. The van der Waals surface area contributed by atoms with Gasteiger partial charge in [0.1, 0.15) is 4.90 Å². The van der Waals surface area contributed by atoms with Crippen LogP contribution in [-0.2, 0) is 19.6 Å². The number of para-hydroxylation sites is 1. The standard InChI is InChI=1S/C21H26N6O5S/c22-27-24-13-17(11-19(28)29)26-21(30)16-8-6-14(7-9-16)12-25-33(31,32)18-5-1-3-15-4-2-10-23-20(15)18/h1-5,10,14,16-17,25H,6-9,11-13H2,(H,26,30)(H,28,29)/t14?,16?,17-/m0/s1. The highest BCUT2D eigenvalue weighted by Crippen LogP contribution is 2.29. The van der Waals surface area contributed by atoms with Gasteiger partial charge in [0.15, 0.2) is 0 Å². The Morgan fingerprint density at radius 3 is 2.64 bits per heavy atom. The normalized spacial score (nSPS) is 19.4. The summed E-state index contributed by atoms with van der Waals surface area (Å²) in [6.45, 7) is 0.132. The maximum absolute atomic E-state index is 12.9. The van der Waals surface area contributed by atoms with Crippen LogP contribution in [0.25, 0.3) is 21.3 Å². The molecule has 2 aromatic rings. The third-order valence-electron chi connectivity index (χ3n) is 5.80. The van der Waals surface area contributed by atoms with E-state index >= 15 is 0 Å². The lowest BCUT2D eigenvalue weighted by Gasteiger charge is -2.29. The number of rotatable bonds is 10. The first kappa shape index (κ1) is 24.4. The lowest BCUT2D eigenvalue weighted by Crippen LogP contribution is -2.43. The smallest absolute Gasteiger partial charge is 0.305 e. The molecule has 11 nitrogen and oxygen atoms in total. The van der Waals surface area contributed by atoms with Gasteiger partial charge in [-0.05, 0) is 49.3 Å². The van der Waals surface area contributed by atoms with Crippen molar-refractivity contribution >= 4 is 32.8 Å². The van der Waals surface area contributed by atoms with Gasteiger partial charge < -0.3 is 10.4 Å². The van der Waals surface area contributed by atoms with E-state index < -0.39 is 22.0 Å². The summed E-state index contributed by atoms with van der Waals surface area (Å²) < 4.78 is 28.4. The molecule has 3 rings (SSSR count). The molecule has 1 fully saturated rings. The Kier molecular flexibility index (Phi) is 8.21. The fraction of sp³-hybridized carbons (Fsp3) is 0.476. The van der Waals surface area contributed by atoms with Gasteiger partial charge >= 0.3 is 5.97 Å². The van der Waals surface area contributed by atoms with E-state index in [1.54, 1.807) is 30.5 Å². The molecule has 33 heavy (non-hydrogen) atoms. The number of fused-ring (bicyclic) bond motifs is 1. The van der Waals surface area contributed by atoms with Crippen LogP contribution >= 0.6 is 0 Å². The van der Waals surface area contributed by atoms with E-state index in [4.69, 9.17) is 10.6 Å². The number of aromatic nitrogens is 1. The molecule has 12 heteroatoms. The monoisotopic (exact) mass is 474 g/mol. The SMILES string of the molecule is [N-]=[N+]=NC[C@H](CC(=O)O)NC(=O)C1CCC(CNS(=O)(=O)c2cccc3cccnc23)CC1. The van der Waals surface area contributed by atoms with Crippen molar-refractivity contribution in [3.8, 4) is 0 Å². The zero-order valence-corrected chi connectivity index (χ0v) is 18.7. The number of nitrogens with zero attached hydrogens (tertiary/aromatic N) is 4. The molecule has 1 aliphatic rings. The van der Waals surface area contributed by atoms with Crippen LogP contribution in [0, 0.1) is 11.8 Å². The number of aliphatic carboxylic acids is 1. The summed E-state index contributed by atoms with van der Waals surface area (Å²) >= 11 is 0. The second kappa shape index (κ2) is 11.1. The molecule has 176 valence electrons. The first-order valence-electron chi connectivity index (χ1n) is 10.7. The summed E-state index contributed by atoms with van der Waals surface area (Å²) in [5.74, 6) is -1.56. The molecule has 1 aromatic heterocycles. The van der Waals surface area contributed by atoms with Crippen molar-refractivity contribution in [2.45, 2.75) is 43.0 Å². The first-order valence-corrected chi connectivity index (χ1v) is 12.1. The van der Waals surface area contributed by atoms with E-state index in [9.17, 15) is 18.0 Å². The molecular weight excluding hydrogens is 448 g/mol. The van der Waals surface area contributed by atoms with Crippen molar-refractivity contribution in [2.24, 2.45) is 17.0 Å². The molecule has 0 spiro atoms. The average Bonchev–Trinajstić information content (AvgIpc) is 2.80. The van der Waals surface area contributed by atoms with Gasteiger partial charge in [0.05, 0.1) is 11.9 Å². The van der Waals surface area contributed by atoms with Gasteiger partial charge in [0, 0.05) is 41.5 Å². The van der Waals surface area contributed by atoms with Gasteiger partial charge in [-0.2, -0.15) is 0 Å². The summed E-state index contributed by atoms with van der Waals surface area (Å²) in [4.78, 5) is 30.4. The highest BCUT2D eigenvalue weighted by atomic mass is 32.2. The second-order valence-electron chi connectivity index (χ2n) is 8.12. The number of sulfonamides is 1. The van der Waals surface area contributed by atoms with Crippen LogP contribution < -0.4 is 10.0 Å². The number of pyridine rings is 1. The number of azide groups is 1. The molecule has 0 aliphatic heterocycles. The van der Waals surface area contributed by atoms with Gasteiger partial charge in [0.25, 0.3) is 0 Å². The molecule has 0 bridgehead atoms. The van der Waals surface area contributed by atoms with E-state index in [1.165, 1.54) is 6.07 Å². The Labute approximate surface area is 191 Å². The van der Waals surface area contributed by atoms with Gasteiger partial charge in [-0.15, -0.1) is 0 Å². The van der Waals surface area contributed by atoms with Gasteiger partial charge in [0.2, 0.25) is 15.9 Å². The molecular formula is C21H26N6O5S. The van der Waals surface area contributed by atoms with E-state index in [-0.39, 0.29) is 42.1 Å². The van der Waals surface area contributed by atoms with Gasteiger partial charge in [-0.3, -0.25) is 14.6 Å². The minimum absolute atomic E-state index is 0.0877. The Morgan fingerprint density at radius 2 is 1.94 bits per heavy atom. The van der Waals surface area contributed by atoms with Gasteiger partial charge in [-0.1, -0.05) is 23.3 Å². The number of carboxylic acid groups (broad SMARTS) is 1. The topological polar surface area (TPSA) is 174 Å². The van der Waals surface area contributed by atoms with Gasteiger partial charge in [-0.25, -0.2) is 13.1 Å². The van der Waals surface area contributed by atoms with Crippen LogP contribution in [0.4, 0.5) is 0 Å². The van der Waals surface area contributed by atoms with Crippen molar-refractivity contribution in [3.63, 3.8) is 0 Å². The van der Waals surface area contributed by atoms with Crippen LogP contribution in [0.5, 0.6) is 0 Å². The second-order valence-corrected chi connectivity index (χ2v) is 9.85. The van der Waals surface area contributed by atoms with E-state index in [0.29, 0.717) is 31.2 Å². The number of amides is 1. The van der Waals surface area contributed by atoms with Crippen LogP contribution in [0.15, 0.2) is 46.5 Å². The van der Waals surface area contributed by atoms with E-state index in [2.05, 4.69) is 25.0 Å². The average molecular weight is 475 g/mol. The van der Waals surface area contributed by atoms with E-state index in [1.807, 2.05) is 0 Å². The maximum Gasteiger partial charge on any atom is 0.305 e. The highest BCUT2D eigenvalue weighted by Gasteiger charge is 2.29. The fourth-order valence-corrected chi connectivity index (χ4v) is 5.35. The summed E-state index contributed by atoms with van der Waals surface area (Å²) in [6, 6.07) is 7.82. The maximum atomic E-state index is 12.9. The molecule has 3 N–H and O–H groups in total. The number of nitrogens with one attached hydrogen (secondary N) is 2. The summed E-state index contributed by atoms with van der Waals surface area (Å²) in [5.41, 5.74) is 8.86. The minimum atomic E-state index is -3.74. The van der Waals surface area contributed by atoms with Crippen LogP contribution in [-0.4, -0.2) is 49.5 Å². The Bertz CT molecular complexity index is 1150. The van der Waals surface area contributed by atoms with Crippen molar-refractivity contribution in [2.75, 3.05) is 13.1 Å². The van der Waals surface area contributed by atoms with Crippen molar-refractivity contribution in [1.29, 1.82) is 0 Å². The quantitative estimate of drug-likeness (QED) is 0.271. The van der Waals surface area contributed by atoms with Crippen LogP contribution in [0.2, 0.25) is 0 Å². The Hall–Kier alpha value is -3.21. The molecule has 1 atom stereocenters.